The highest BCUT2D eigenvalue weighted by molar-refractivity contribution is 7.89. The smallest absolute Gasteiger partial charge is 0.243 e. The number of hydrogen-bond acceptors (Lipinski definition) is 6. The Morgan fingerprint density at radius 3 is 2.28 bits per heavy atom. The van der Waals surface area contributed by atoms with Crippen LogP contribution < -0.4 is 14.2 Å². The van der Waals surface area contributed by atoms with Crippen molar-refractivity contribution in [3.8, 4) is 17.2 Å². The fourth-order valence-electron chi connectivity index (χ4n) is 3.99. The van der Waals surface area contributed by atoms with E-state index < -0.39 is 10.0 Å². The number of sulfonamides is 1. The highest BCUT2D eigenvalue weighted by Gasteiger charge is 2.31. The SMILES string of the molecule is COc1cc(C)c(S(=O)(=O)N2CCN(Cc3ccc4c(c3)OCO4)CC2)c(C)c1. The summed E-state index contributed by atoms with van der Waals surface area (Å²) in [5, 5.41) is 0. The second-order valence-electron chi connectivity index (χ2n) is 7.46. The highest BCUT2D eigenvalue weighted by Crippen LogP contribution is 2.33. The van der Waals surface area contributed by atoms with E-state index >= 15 is 0 Å². The first-order valence-corrected chi connectivity index (χ1v) is 11.1. The molecule has 0 saturated carbocycles. The third kappa shape index (κ3) is 3.92. The van der Waals surface area contributed by atoms with Crippen LogP contribution >= 0.6 is 0 Å². The molecule has 4 rings (SSSR count). The van der Waals surface area contributed by atoms with Gasteiger partial charge in [-0.25, -0.2) is 8.42 Å². The largest absolute Gasteiger partial charge is 0.497 e. The van der Waals surface area contributed by atoms with E-state index in [0.29, 0.717) is 48.0 Å². The van der Waals surface area contributed by atoms with Crippen molar-refractivity contribution in [2.75, 3.05) is 40.1 Å². The molecule has 0 bridgehead atoms. The zero-order chi connectivity index (χ0) is 20.6. The van der Waals surface area contributed by atoms with E-state index in [0.717, 1.165) is 23.6 Å². The fourth-order valence-corrected chi connectivity index (χ4v) is 5.82. The van der Waals surface area contributed by atoms with Gasteiger partial charge in [-0.1, -0.05) is 6.07 Å². The third-order valence-electron chi connectivity index (χ3n) is 5.44. The van der Waals surface area contributed by atoms with Gasteiger partial charge in [0.05, 0.1) is 12.0 Å². The van der Waals surface area contributed by atoms with E-state index in [2.05, 4.69) is 4.90 Å². The highest BCUT2D eigenvalue weighted by atomic mass is 32.2. The number of aryl methyl sites for hydroxylation is 2. The number of ether oxygens (including phenoxy) is 3. The average Bonchev–Trinajstić information content (AvgIpc) is 3.15. The molecule has 29 heavy (non-hydrogen) atoms. The first kappa shape index (κ1) is 20.0. The molecule has 2 aliphatic rings. The number of benzene rings is 2. The number of hydrogen-bond donors (Lipinski definition) is 0. The normalized spacial score (nSPS) is 17.5. The van der Waals surface area contributed by atoms with Crippen molar-refractivity contribution in [3.05, 3.63) is 47.0 Å². The van der Waals surface area contributed by atoms with Crippen molar-refractivity contribution in [3.63, 3.8) is 0 Å². The standard InChI is InChI=1S/C21H26N2O5S/c1-15-10-18(26-3)11-16(2)21(15)29(24,25)23-8-6-22(7-9-23)13-17-4-5-19-20(12-17)28-14-27-19/h4-5,10-12H,6-9,13-14H2,1-3H3. The predicted octanol–water partition coefficient (Wildman–Crippen LogP) is 2.55. The molecule has 2 aliphatic heterocycles. The third-order valence-corrected chi connectivity index (χ3v) is 7.65. The molecular weight excluding hydrogens is 392 g/mol. The maximum absolute atomic E-state index is 13.3. The van der Waals surface area contributed by atoms with Crippen LogP contribution in [0.2, 0.25) is 0 Å². The van der Waals surface area contributed by atoms with Crippen molar-refractivity contribution >= 4 is 10.0 Å². The molecule has 0 spiro atoms. The van der Waals surface area contributed by atoms with Gasteiger partial charge in [0, 0.05) is 32.7 Å². The van der Waals surface area contributed by atoms with Gasteiger partial charge in [-0.3, -0.25) is 4.90 Å². The van der Waals surface area contributed by atoms with Gasteiger partial charge in [-0.2, -0.15) is 4.31 Å². The summed E-state index contributed by atoms with van der Waals surface area (Å²) in [6.07, 6.45) is 0. The maximum Gasteiger partial charge on any atom is 0.243 e. The van der Waals surface area contributed by atoms with Gasteiger partial charge >= 0.3 is 0 Å². The van der Waals surface area contributed by atoms with Crippen molar-refractivity contribution in [2.45, 2.75) is 25.3 Å². The van der Waals surface area contributed by atoms with Crippen LogP contribution in [-0.4, -0.2) is 57.7 Å². The fraction of sp³-hybridized carbons (Fsp3) is 0.429. The summed E-state index contributed by atoms with van der Waals surface area (Å²) in [6.45, 7) is 6.96. The Morgan fingerprint density at radius 1 is 0.966 bits per heavy atom. The summed E-state index contributed by atoms with van der Waals surface area (Å²) in [6, 6.07) is 9.50. The molecule has 156 valence electrons. The molecule has 2 aromatic carbocycles. The number of fused-ring (bicyclic) bond motifs is 1. The molecule has 2 aromatic rings. The van der Waals surface area contributed by atoms with Crippen molar-refractivity contribution in [2.24, 2.45) is 0 Å². The molecule has 1 saturated heterocycles. The van der Waals surface area contributed by atoms with Gasteiger partial charge in [0.1, 0.15) is 5.75 Å². The van der Waals surface area contributed by atoms with Gasteiger partial charge in [0.2, 0.25) is 16.8 Å². The first-order chi connectivity index (χ1) is 13.9. The molecule has 2 heterocycles. The van der Waals surface area contributed by atoms with E-state index in [1.54, 1.807) is 23.5 Å². The Kier molecular flexibility index (Phi) is 5.42. The van der Waals surface area contributed by atoms with Crippen LogP contribution in [0.15, 0.2) is 35.2 Å². The van der Waals surface area contributed by atoms with Crippen LogP contribution in [0.1, 0.15) is 16.7 Å². The van der Waals surface area contributed by atoms with Crippen molar-refractivity contribution in [1.29, 1.82) is 0 Å². The Balaban J connectivity index is 1.44. The van der Waals surface area contributed by atoms with E-state index in [1.165, 1.54) is 0 Å². The summed E-state index contributed by atoms with van der Waals surface area (Å²) < 4.78 is 44.2. The van der Waals surface area contributed by atoms with Gasteiger partial charge in [0.25, 0.3) is 0 Å². The molecule has 0 aromatic heterocycles. The summed E-state index contributed by atoms with van der Waals surface area (Å²) in [4.78, 5) is 2.65. The number of rotatable bonds is 5. The molecule has 0 amide bonds. The topological polar surface area (TPSA) is 68.3 Å². The minimum atomic E-state index is -3.54. The zero-order valence-electron chi connectivity index (χ0n) is 17.0. The average molecular weight is 419 g/mol. The molecule has 0 radical (unpaired) electrons. The van der Waals surface area contributed by atoms with Gasteiger partial charge in [-0.15, -0.1) is 0 Å². The van der Waals surface area contributed by atoms with Gasteiger partial charge < -0.3 is 14.2 Å². The molecule has 8 heteroatoms. The van der Waals surface area contributed by atoms with Crippen LogP contribution in [0.3, 0.4) is 0 Å². The minimum absolute atomic E-state index is 0.263. The van der Waals surface area contributed by atoms with E-state index in [1.807, 2.05) is 32.0 Å². The lowest BCUT2D eigenvalue weighted by Crippen LogP contribution is -2.48. The number of piperazine rings is 1. The van der Waals surface area contributed by atoms with Crippen LogP contribution in [0.4, 0.5) is 0 Å². The summed E-state index contributed by atoms with van der Waals surface area (Å²) >= 11 is 0. The van der Waals surface area contributed by atoms with Gasteiger partial charge in [-0.05, 0) is 54.8 Å². The number of methoxy groups -OCH3 is 1. The second-order valence-corrected chi connectivity index (χ2v) is 9.33. The maximum atomic E-state index is 13.3. The lowest BCUT2D eigenvalue weighted by Gasteiger charge is -2.34. The van der Waals surface area contributed by atoms with E-state index in [-0.39, 0.29) is 6.79 Å². The molecule has 0 atom stereocenters. The quantitative estimate of drug-likeness (QED) is 0.743. The van der Waals surface area contributed by atoms with Crippen LogP contribution in [0, 0.1) is 13.8 Å². The summed E-state index contributed by atoms with van der Waals surface area (Å²) in [7, 11) is -1.95. The molecule has 0 N–H and O–H groups in total. The molecule has 7 nitrogen and oxygen atoms in total. The molecular formula is C21H26N2O5S. The monoisotopic (exact) mass is 418 g/mol. The minimum Gasteiger partial charge on any atom is -0.497 e. The number of nitrogens with zero attached hydrogens (tertiary/aromatic N) is 2. The van der Waals surface area contributed by atoms with Crippen molar-refractivity contribution in [1.82, 2.24) is 9.21 Å². The lowest BCUT2D eigenvalue weighted by atomic mass is 10.1. The molecule has 0 unspecified atom stereocenters. The Bertz CT molecular complexity index is 991. The summed E-state index contributed by atoms with van der Waals surface area (Å²) in [5.74, 6) is 2.22. The van der Waals surface area contributed by atoms with E-state index in [4.69, 9.17) is 14.2 Å². The van der Waals surface area contributed by atoms with Crippen LogP contribution in [0.25, 0.3) is 0 Å². The molecule has 1 fully saturated rings. The Hall–Kier alpha value is -2.29. The van der Waals surface area contributed by atoms with E-state index in [9.17, 15) is 8.42 Å². The van der Waals surface area contributed by atoms with Crippen LogP contribution in [-0.2, 0) is 16.6 Å². The first-order valence-electron chi connectivity index (χ1n) is 9.65. The summed E-state index contributed by atoms with van der Waals surface area (Å²) in [5.41, 5.74) is 2.56. The second kappa shape index (κ2) is 7.85. The Labute approximate surface area is 171 Å². The predicted molar refractivity (Wildman–Crippen MR) is 109 cm³/mol. The van der Waals surface area contributed by atoms with Gasteiger partial charge in [0.15, 0.2) is 11.5 Å². The van der Waals surface area contributed by atoms with Crippen LogP contribution in [0.5, 0.6) is 17.2 Å². The Morgan fingerprint density at radius 2 is 1.62 bits per heavy atom. The lowest BCUT2D eigenvalue weighted by molar-refractivity contribution is 0.173. The molecule has 0 aliphatic carbocycles. The zero-order valence-corrected chi connectivity index (χ0v) is 17.8. The van der Waals surface area contributed by atoms with Crippen molar-refractivity contribution < 1.29 is 22.6 Å².